The molecule has 0 saturated carbocycles. The smallest absolute Gasteiger partial charge is 0.255 e. The molecule has 138 valence electrons. The van der Waals surface area contributed by atoms with Gasteiger partial charge in [-0.25, -0.2) is 0 Å². The third-order valence-corrected chi connectivity index (χ3v) is 5.86. The molecule has 2 aromatic rings. The van der Waals surface area contributed by atoms with E-state index in [0.717, 1.165) is 32.4 Å². The lowest BCUT2D eigenvalue weighted by Crippen LogP contribution is -2.29. The average Bonchev–Trinajstić information content (AvgIpc) is 2.54. The summed E-state index contributed by atoms with van der Waals surface area (Å²) in [4.78, 5) is 17.1. The summed E-state index contributed by atoms with van der Waals surface area (Å²) in [6.07, 6.45) is 0.898. The molecule has 0 fully saturated rings. The van der Waals surface area contributed by atoms with Gasteiger partial charge >= 0.3 is 0 Å². The molecule has 0 saturated heterocycles. The Morgan fingerprint density at radius 3 is 2.54 bits per heavy atom. The van der Waals surface area contributed by atoms with Crippen molar-refractivity contribution in [1.82, 2.24) is 0 Å². The van der Waals surface area contributed by atoms with Crippen molar-refractivity contribution in [2.24, 2.45) is 10.7 Å². The summed E-state index contributed by atoms with van der Waals surface area (Å²) in [6.45, 7) is 2.07. The molecule has 0 spiro atoms. The molecule has 0 aliphatic carbocycles. The summed E-state index contributed by atoms with van der Waals surface area (Å²) in [5.74, 6) is 0.780. The third-order valence-electron chi connectivity index (χ3n) is 4.08. The minimum Gasteiger partial charge on any atom is -0.379 e. The van der Waals surface area contributed by atoms with Crippen LogP contribution in [0.1, 0.15) is 29.3 Å². The lowest BCUT2D eigenvalue weighted by atomic mass is 9.89. The molecular weight excluding hydrogens is 502 g/mol. The number of nitrogens with two attached hydrogens (primary N) is 1. The van der Waals surface area contributed by atoms with Gasteiger partial charge in [0.1, 0.15) is 0 Å². The number of carbonyl (C=O) groups is 1. The van der Waals surface area contributed by atoms with E-state index < -0.39 is 0 Å². The standard InChI is InChI=1S/C18H17Br2N3OS.ClH/c1-18(6-7-25-17(21)23-18)12-8-14(20)10-15(9-12)22-16(24)11-2-4-13(19)5-3-11;/h2-5,8-10H,6-7H2,1H3,(H2,21,23)(H,22,24);1H. The molecule has 8 heteroatoms. The first-order valence-electron chi connectivity index (χ1n) is 7.72. The minimum absolute atomic E-state index is 0. The van der Waals surface area contributed by atoms with Crippen LogP contribution >= 0.6 is 56.0 Å². The van der Waals surface area contributed by atoms with Gasteiger partial charge in [0.15, 0.2) is 5.17 Å². The number of aliphatic imine (C=N–C) groups is 1. The predicted octanol–water partition coefficient (Wildman–Crippen LogP) is 5.55. The molecule has 1 aliphatic rings. The van der Waals surface area contributed by atoms with Crippen molar-refractivity contribution in [3.63, 3.8) is 0 Å². The molecule has 0 radical (unpaired) electrons. The quantitative estimate of drug-likeness (QED) is 0.559. The predicted molar refractivity (Wildman–Crippen MR) is 120 cm³/mol. The zero-order valence-corrected chi connectivity index (χ0v) is 18.8. The number of halogens is 3. The summed E-state index contributed by atoms with van der Waals surface area (Å²) in [5, 5.41) is 3.56. The van der Waals surface area contributed by atoms with Crippen LogP contribution in [-0.2, 0) is 5.54 Å². The molecule has 3 N–H and O–H groups in total. The van der Waals surface area contributed by atoms with Crippen molar-refractivity contribution >= 4 is 72.8 Å². The Kier molecular flexibility index (Phi) is 7.19. The number of amides is 1. The molecule has 2 aromatic carbocycles. The SMILES string of the molecule is CC1(c2cc(Br)cc(NC(=O)c3ccc(Br)cc3)c2)CCSC(N)=N1.Cl. The van der Waals surface area contributed by atoms with Gasteiger partial charge in [-0.05, 0) is 61.4 Å². The second kappa shape index (κ2) is 8.78. The number of nitrogens with one attached hydrogen (secondary N) is 1. The fraction of sp³-hybridized carbons (Fsp3) is 0.222. The molecule has 0 bridgehead atoms. The van der Waals surface area contributed by atoms with Crippen LogP contribution in [0.25, 0.3) is 0 Å². The van der Waals surface area contributed by atoms with Crippen LogP contribution in [0.4, 0.5) is 5.69 Å². The van der Waals surface area contributed by atoms with E-state index in [1.165, 1.54) is 0 Å². The normalized spacial score (nSPS) is 19.3. The molecule has 1 aliphatic heterocycles. The van der Waals surface area contributed by atoms with Crippen molar-refractivity contribution in [2.75, 3.05) is 11.1 Å². The number of thioether (sulfide) groups is 1. The van der Waals surface area contributed by atoms with Gasteiger partial charge in [-0.3, -0.25) is 9.79 Å². The van der Waals surface area contributed by atoms with Gasteiger partial charge in [-0.1, -0.05) is 43.6 Å². The number of anilines is 1. The van der Waals surface area contributed by atoms with Gasteiger partial charge in [0.05, 0.1) is 5.54 Å². The zero-order valence-electron chi connectivity index (χ0n) is 14.0. The number of carbonyl (C=O) groups excluding carboxylic acids is 1. The molecule has 1 amide bonds. The van der Waals surface area contributed by atoms with Gasteiger partial charge in [0.2, 0.25) is 0 Å². The maximum atomic E-state index is 12.5. The van der Waals surface area contributed by atoms with E-state index in [2.05, 4.69) is 49.1 Å². The van der Waals surface area contributed by atoms with E-state index in [0.29, 0.717) is 10.7 Å². The van der Waals surface area contributed by atoms with Crippen LogP contribution in [0.5, 0.6) is 0 Å². The van der Waals surface area contributed by atoms with Crippen molar-refractivity contribution < 1.29 is 4.79 Å². The van der Waals surface area contributed by atoms with E-state index >= 15 is 0 Å². The topological polar surface area (TPSA) is 67.5 Å². The average molecular weight is 520 g/mol. The second-order valence-corrected chi connectivity index (χ2v) is 8.96. The van der Waals surface area contributed by atoms with Crippen molar-refractivity contribution in [2.45, 2.75) is 18.9 Å². The fourth-order valence-corrected chi connectivity index (χ4v) is 4.40. The van der Waals surface area contributed by atoms with Crippen LogP contribution in [-0.4, -0.2) is 16.8 Å². The Balaban J connectivity index is 0.00000243. The van der Waals surface area contributed by atoms with Crippen LogP contribution in [0.15, 0.2) is 56.4 Å². The highest BCUT2D eigenvalue weighted by molar-refractivity contribution is 9.10. The molecule has 0 aromatic heterocycles. The number of rotatable bonds is 3. The zero-order chi connectivity index (χ0) is 18.0. The maximum absolute atomic E-state index is 12.5. The number of nitrogens with zero attached hydrogens (tertiary/aromatic N) is 1. The summed E-state index contributed by atoms with van der Waals surface area (Å²) in [6, 6.07) is 13.1. The second-order valence-electron chi connectivity index (χ2n) is 6.01. The number of hydrogen-bond donors (Lipinski definition) is 2. The highest BCUT2D eigenvalue weighted by atomic mass is 79.9. The number of hydrogen-bond acceptors (Lipinski definition) is 4. The Morgan fingerprint density at radius 2 is 1.88 bits per heavy atom. The summed E-state index contributed by atoms with van der Waals surface area (Å²) >= 11 is 8.48. The minimum atomic E-state index is -0.379. The van der Waals surface area contributed by atoms with Gasteiger partial charge in [0, 0.05) is 25.9 Å². The highest BCUT2D eigenvalue weighted by Crippen LogP contribution is 2.37. The van der Waals surface area contributed by atoms with E-state index in [4.69, 9.17) is 5.73 Å². The molecule has 1 atom stereocenters. The molecule has 26 heavy (non-hydrogen) atoms. The summed E-state index contributed by atoms with van der Waals surface area (Å²) < 4.78 is 1.83. The lowest BCUT2D eigenvalue weighted by Gasteiger charge is -2.30. The van der Waals surface area contributed by atoms with E-state index in [-0.39, 0.29) is 23.9 Å². The van der Waals surface area contributed by atoms with E-state index in [9.17, 15) is 4.79 Å². The third kappa shape index (κ3) is 5.03. The van der Waals surface area contributed by atoms with Crippen LogP contribution in [0, 0.1) is 0 Å². The van der Waals surface area contributed by atoms with Crippen molar-refractivity contribution in [3.8, 4) is 0 Å². The molecule has 1 heterocycles. The molecular formula is C18H18Br2ClN3OS. The first-order valence-corrected chi connectivity index (χ1v) is 10.3. The molecule has 4 nitrogen and oxygen atoms in total. The summed E-state index contributed by atoms with van der Waals surface area (Å²) in [7, 11) is 0. The maximum Gasteiger partial charge on any atom is 0.255 e. The first-order chi connectivity index (χ1) is 11.9. The number of benzene rings is 2. The van der Waals surface area contributed by atoms with Crippen LogP contribution < -0.4 is 11.1 Å². The van der Waals surface area contributed by atoms with Gasteiger partial charge in [-0.2, -0.15) is 0 Å². The molecule has 3 rings (SSSR count). The van der Waals surface area contributed by atoms with Gasteiger partial charge in [0.25, 0.3) is 5.91 Å². The van der Waals surface area contributed by atoms with Gasteiger partial charge < -0.3 is 11.1 Å². The fourth-order valence-electron chi connectivity index (χ4n) is 2.67. The largest absolute Gasteiger partial charge is 0.379 e. The monoisotopic (exact) mass is 517 g/mol. The first kappa shape index (κ1) is 21.3. The number of amidine groups is 1. The highest BCUT2D eigenvalue weighted by Gasteiger charge is 2.30. The van der Waals surface area contributed by atoms with Crippen molar-refractivity contribution in [3.05, 3.63) is 62.5 Å². The molecule has 1 unspecified atom stereocenters. The van der Waals surface area contributed by atoms with Crippen LogP contribution in [0.3, 0.4) is 0 Å². The summed E-state index contributed by atoms with van der Waals surface area (Å²) in [5.41, 5.74) is 7.90. The van der Waals surface area contributed by atoms with E-state index in [1.807, 2.05) is 30.3 Å². The van der Waals surface area contributed by atoms with Gasteiger partial charge in [-0.15, -0.1) is 12.4 Å². The van der Waals surface area contributed by atoms with Crippen molar-refractivity contribution in [1.29, 1.82) is 0 Å². The van der Waals surface area contributed by atoms with E-state index in [1.54, 1.807) is 23.9 Å². The Bertz CT molecular complexity index is 845. The Morgan fingerprint density at radius 1 is 1.19 bits per heavy atom. The lowest BCUT2D eigenvalue weighted by molar-refractivity contribution is 0.102. The Labute approximate surface area is 180 Å². The van der Waals surface area contributed by atoms with Crippen LogP contribution in [0.2, 0.25) is 0 Å². The Hall–Kier alpha value is -1.02.